The number of aryl methyl sites for hydroxylation is 2. The Morgan fingerprint density at radius 3 is 2.77 bits per heavy atom. The van der Waals surface area contributed by atoms with Crippen LogP contribution >= 0.6 is 0 Å². The average molecular weight is 376 g/mol. The molecule has 1 saturated heterocycles. The highest BCUT2D eigenvalue weighted by molar-refractivity contribution is 7.89. The first kappa shape index (κ1) is 17.0. The molecular formula is C17H20N4O4S. The Bertz CT molecular complexity index is 1130. The van der Waals surface area contributed by atoms with Gasteiger partial charge in [0.25, 0.3) is 0 Å². The molecular weight excluding hydrogens is 356 g/mol. The minimum absolute atomic E-state index is 0.0849. The summed E-state index contributed by atoms with van der Waals surface area (Å²) in [7, 11) is -0.243. The second-order valence-electron chi connectivity index (χ2n) is 6.67. The van der Waals surface area contributed by atoms with E-state index in [-0.39, 0.29) is 10.8 Å². The molecule has 0 amide bonds. The summed E-state index contributed by atoms with van der Waals surface area (Å²) >= 11 is 0. The van der Waals surface area contributed by atoms with E-state index < -0.39 is 15.8 Å². The number of nitrogens with zero attached hydrogens (tertiary/aromatic N) is 4. The van der Waals surface area contributed by atoms with E-state index in [0.717, 1.165) is 18.5 Å². The Kier molecular flexibility index (Phi) is 4.00. The van der Waals surface area contributed by atoms with Gasteiger partial charge >= 0.3 is 5.76 Å². The molecule has 1 atom stereocenters. The van der Waals surface area contributed by atoms with Gasteiger partial charge in [0, 0.05) is 39.3 Å². The van der Waals surface area contributed by atoms with Crippen molar-refractivity contribution in [3.05, 3.63) is 46.7 Å². The van der Waals surface area contributed by atoms with Crippen LogP contribution in [0.2, 0.25) is 0 Å². The molecule has 0 radical (unpaired) electrons. The van der Waals surface area contributed by atoms with Crippen molar-refractivity contribution in [1.82, 2.24) is 18.7 Å². The fourth-order valence-electron chi connectivity index (χ4n) is 3.47. The molecule has 3 aromatic rings. The number of oxazole rings is 1. The molecule has 0 saturated carbocycles. The normalized spacial score (nSPS) is 19.2. The first-order chi connectivity index (χ1) is 12.4. The molecule has 1 aliphatic heterocycles. The fraction of sp³-hybridized carbons (Fsp3) is 0.412. The van der Waals surface area contributed by atoms with E-state index in [0.29, 0.717) is 24.2 Å². The van der Waals surface area contributed by atoms with Gasteiger partial charge in [0.1, 0.15) is 0 Å². The van der Waals surface area contributed by atoms with Gasteiger partial charge in [-0.15, -0.1) is 0 Å². The van der Waals surface area contributed by atoms with Crippen LogP contribution in [-0.2, 0) is 24.1 Å². The number of aromatic nitrogens is 3. The lowest BCUT2D eigenvalue weighted by Crippen LogP contribution is -2.39. The monoisotopic (exact) mass is 376 g/mol. The summed E-state index contributed by atoms with van der Waals surface area (Å²) < 4.78 is 35.9. The minimum atomic E-state index is -3.65. The van der Waals surface area contributed by atoms with Crippen molar-refractivity contribution < 1.29 is 12.8 Å². The van der Waals surface area contributed by atoms with Crippen LogP contribution in [0.5, 0.6) is 0 Å². The first-order valence-electron chi connectivity index (χ1n) is 8.45. The smallest absolute Gasteiger partial charge is 0.408 e. The van der Waals surface area contributed by atoms with Gasteiger partial charge in [-0.05, 0) is 37.1 Å². The summed E-state index contributed by atoms with van der Waals surface area (Å²) in [4.78, 5) is 11.8. The second-order valence-corrected chi connectivity index (χ2v) is 8.61. The van der Waals surface area contributed by atoms with Crippen LogP contribution in [0.3, 0.4) is 0 Å². The van der Waals surface area contributed by atoms with Gasteiger partial charge in [-0.1, -0.05) is 0 Å². The fourth-order valence-corrected chi connectivity index (χ4v) is 5.01. The van der Waals surface area contributed by atoms with Gasteiger partial charge in [0.05, 0.1) is 16.1 Å². The molecule has 0 spiro atoms. The Hall–Kier alpha value is -2.39. The van der Waals surface area contributed by atoms with E-state index >= 15 is 0 Å². The van der Waals surface area contributed by atoms with Crippen molar-refractivity contribution in [1.29, 1.82) is 0 Å². The number of piperidine rings is 1. The molecule has 2 aromatic heterocycles. The second kappa shape index (κ2) is 6.10. The lowest BCUT2D eigenvalue weighted by atomic mass is 9.96. The largest absolute Gasteiger partial charge is 0.419 e. The average Bonchev–Trinajstić information content (AvgIpc) is 3.19. The van der Waals surface area contributed by atoms with Crippen molar-refractivity contribution in [2.45, 2.75) is 23.7 Å². The van der Waals surface area contributed by atoms with Crippen LogP contribution in [0.4, 0.5) is 0 Å². The number of sulfonamides is 1. The number of hydrogen-bond donors (Lipinski definition) is 0. The molecule has 1 aromatic carbocycles. The van der Waals surface area contributed by atoms with Crippen LogP contribution in [0.15, 0.2) is 44.6 Å². The van der Waals surface area contributed by atoms with Crippen molar-refractivity contribution in [2.75, 3.05) is 13.1 Å². The van der Waals surface area contributed by atoms with E-state index in [4.69, 9.17) is 4.42 Å². The van der Waals surface area contributed by atoms with E-state index in [9.17, 15) is 13.2 Å². The molecule has 1 aliphatic rings. The molecule has 9 heteroatoms. The molecule has 0 aliphatic carbocycles. The molecule has 8 nitrogen and oxygen atoms in total. The van der Waals surface area contributed by atoms with E-state index in [2.05, 4.69) is 5.10 Å². The van der Waals surface area contributed by atoms with E-state index in [1.807, 2.05) is 19.3 Å². The summed E-state index contributed by atoms with van der Waals surface area (Å²) in [6.45, 7) is 0.885. The van der Waals surface area contributed by atoms with Gasteiger partial charge in [-0.3, -0.25) is 9.25 Å². The summed E-state index contributed by atoms with van der Waals surface area (Å²) in [6.07, 6.45) is 3.57. The third-order valence-electron chi connectivity index (χ3n) is 4.94. The zero-order valence-electron chi connectivity index (χ0n) is 14.6. The number of hydrogen-bond acceptors (Lipinski definition) is 5. The molecule has 138 valence electrons. The Morgan fingerprint density at radius 2 is 2.04 bits per heavy atom. The number of benzene rings is 1. The van der Waals surface area contributed by atoms with Gasteiger partial charge in [0.15, 0.2) is 5.58 Å². The third kappa shape index (κ3) is 2.77. The molecule has 0 N–H and O–H groups in total. The quantitative estimate of drug-likeness (QED) is 0.690. The van der Waals surface area contributed by atoms with Crippen molar-refractivity contribution >= 4 is 21.1 Å². The molecule has 3 heterocycles. The molecule has 0 bridgehead atoms. The predicted molar refractivity (Wildman–Crippen MR) is 95.4 cm³/mol. The third-order valence-corrected chi connectivity index (χ3v) is 6.80. The highest BCUT2D eigenvalue weighted by atomic mass is 32.2. The minimum Gasteiger partial charge on any atom is -0.408 e. The first-order valence-corrected chi connectivity index (χ1v) is 9.89. The molecule has 4 rings (SSSR count). The van der Waals surface area contributed by atoms with Gasteiger partial charge in [0.2, 0.25) is 10.0 Å². The molecule has 1 unspecified atom stereocenters. The maximum Gasteiger partial charge on any atom is 0.419 e. The van der Waals surface area contributed by atoms with Gasteiger partial charge < -0.3 is 4.42 Å². The van der Waals surface area contributed by atoms with Crippen LogP contribution in [-0.4, -0.2) is 40.2 Å². The lowest BCUT2D eigenvalue weighted by Gasteiger charge is -2.31. The van der Waals surface area contributed by atoms with Gasteiger partial charge in [-0.2, -0.15) is 9.40 Å². The SMILES string of the molecule is Cn1ccc(C2CCCN(S(=O)(=O)c3ccc4oc(=O)n(C)c4c3)C2)n1. The molecule has 26 heavy (non-hydrogen) atoms. The van der Waals surface area contributed by atoms with Crippen molar-refractivity contribution in [3.8, 4) is 0 Å². The highest BCUT2D eigenvalue weighted by Gasteiger charge is 2.32. The summed E-state index contributed by atoms with van der Waals surface area (Å²) in [5.41, 5.74) is 1.76. The standard InChI is InChI=1S/C17H20N4O4S/c1-19-9-7-14(18-19)12-4-3-8-21(11-12)26(23,24)13-5-6-16-15(10-13)20(2)17(22)25-16/h5-7,9-10,12H,3-4,8,11H2,1-2H3. The van der Waals surface area contributed by atoms with Crippen LogP contribution in [0.25, 0.3) is 11.1 Å². The Morgan fingerprint density at radius 1 is 1.23 bits per heavy atom. The van der Waals surface area contributed by atoms with Gasteiger partial charge in [-0.25, -0.2) is 13.2 Å². The predicted octanol–water partition coefficient (Wildman–Crippen LogP) is 1.43. The number of fused-ring (bicyclic) bond motifs is 1. The summed E-state index contributed by atoms with van der Waals surface area (Å²) in [5.74, 6) is -0.426. The summed E-state index contributed by atoms with van der Waals surface area (Å²) in [5, 5.41) is 4.42. The van der Waals surface area contributed by atoms with E-state index in [1.165, 1.54) is 27.1 Å². The molecule has 1 fully saturated rings. The Balaban J connectivity index is 1.67. The maximum atomic E-state index is 13.1. The highest BCUT2D eigenvalue weighted by Crippen LogP contribution is 2.30. The number of rotatable bonds is 3. The summed E-state index contributed by atoms with van der Waals surface area (Å²) in [6, 6.07) is 6.46. The van der Waals surface area contributed by atoms with Crippen molar-refractivity contribution in [3.63, 3.8) is 0 Å². The zero-order chi connectivity index (χ0) is 18.5. The lowest BCUT2D eigenvalue weighted by molar-refractivity contribution is 0.312. The topological polar surface area (TPSA) is 90.3 Å². The Labute approximate surface area is 150 Å². The zero-order valence-corrected chi connectivity index (χ0v) is 15.4. The van der Waals surface area contributed by atoms with Crippen LogP contribution < -0.4 is 5.76 Å². The van der Waals surface area contributed by atoms with E-state index in [1.54, 1.807) is 11.7 Å². The maximum absolute atomic E-state index is 13.1. The van der Waals surface area contributed by atoms with Crippen LogP contribution in [0.1, 0.15) is 24.5 Å². The van der Waals surface area contributed by atoms with Crippen LogP contribution in [0, 0.1) is 0 Å². The van der Waals surface area contributed by atoms with Crippen molar-refractivity contribution in [2.24, 2.45) is 14.1 Å².